The van der Waals surface area contributed by atoms with Crippen molar-refractivity contribution >= 4 is 39.8 Å². The molecule has 6 N–H and O–H groups in total. The molecule has 0 aliphatic carbocycles. The third-order valence-electron chi connectivity index (χ3n) is 18.6. The van der Waals surface area contributed by atoms with Crippen LogP contribution in [0.4, 0.5) is 0 Å². The molecule has 5 aliphatic heterocycles. The molecule has 9 rings (SSSR count). The van der Waals surface area contributed by atoms with Gasteiger partial charge in [0, 0.05) is 100 Å². The molecule has 1 amide bonds. The fourth-order valence-electron chi connectivity index (χ4n) is 13.2. The zero-order valence-corrected chi connectivity index (χ0v) is 54.6. The number of nitrogens with zero attached hydrogens (tertiary/aromatic N) is 5. The average molecular weight is 1280 g/mol. The first-order valence-electron chi connectivity index (χ1n) is 30.7. The van der Waals surface area contributed by atoms with Gasteiger partial charge in [0.05, 0.1) is 57.8 Å². The van der Waals surface area contributed by atoms with Crippen molar-refractivity contribution in [3.63, 3.8) is 0 Å². The molecule has 0 bridgehead atoms. The van der Waals surface area contributed by atoms with Crippen molar-refractivity contribution in [2.24, 2.45) is 23.7 Å². The number of likely N-dealkylation sites (tertiary alicyclic amines) is 4. The van der Waals surface area contributed by atoms with Crippen LogP contribution in [0.1, 0.15) is 99.3 Å². The highest BCUT2D eigenvalue weighted by molar-refractivity contribution is 7.88. The van der Waals surface area contributed by atoms with Crippen LogP contribution in [-0.4, -0.2) is 227 Å². The maximum atomic E-state index is 13.3. The Morgan fingerprint density at radius 1 is 0.567 bits per heavy atom. The number of ether oxygens (including phenoxy) is 5. The summed E-state index contributed by atoms with van der Waals surface area (Å²) in [4.78, 5) is 69.9. The third-order valence-corrected chi connectivity index (χ3v) is 19.3. The highest BCUT2D eigenvalue weighted by atomic mass is 32.2. The van der Waals surface area contributed by atoms with Crippen molar-refractivity contribution in [3.05, 3.63) is 113 Å². The summed E-state index contributed by atoms with van der Waals surface area (Å²) in [5.41, 5.74) is 3.98. The summed E-state index contributed by atoms with van der Waals surface area (Å²) in [6, 6.07) is 28.1. The number of benzene rings is 4. The number of aliphatic carboxylic acids is 4. The number of hydrogen-bond acceptors (Lipinski definition) is 17. The van der Waals surface area contributed by atoms with Crippen molar-refractivity contribution in [1.29, 1.82) is 0 Å². The number of rotatable bonds is 23. The number of likely N-dealkylation sites (N-methyl/N-ethyl adjacent to an activating group) is 3. The Labute approximate surface area is 529 Å². The number of aliphatic hydroxyl groups excluding tert-OH is 1. The van der Waals surface area contributed by atoms with Crippen LogP contribution in [0.5, 0.6) is 28.7 Å². The van der Waals surface area contributed by atoms with Crippen LogP contribution in [0.25, 0.3) is 0 Å². The Morgan fingerprint density at radius 2 is 0.944 bits per heavy atom. The molecule has 0 aromatic heterocycles. The number of hydrogen-bond donors (Lipinski definition) is 6. The van der Waals surface area contributed by atoms with E-state index in [0.29, 0.717) is 37.6 Å². The van der Waals surface area contributed by atoms with Crippen LogP contribution in [0, 0.1) is 23.7 Å². The van der Waals surface area contributed by atoms with E-state index in [4.69, 9.17) is 23.7 Å². The molecule has 12 atom stereocenters. The van der Waals surface area contributed by atoms with Crippen molar-refractivity contribution in [2.75, 3.05) is 114 Å². The summed E-state index contributed by atoms with van der Waals surface area (Å²) in [6.07, 6.45) is 3.51. The monoisotopic (exact) mass is 1270 g/mol. The van der Waals surface area contributed by atoms with Gasteiger partial charge in [0.2, 0.25) is 22.7 Å². The number of sulfonamides is 1. The Balaban J connectivity index is 0.000000203. The number of unbranched alkanes of at least 4 members (excludes halogenated alkanes) is 1. The summed E-state index contributed by atoms with van der Waals surface area (Å²) in [5.74, 6) is -1.89. The number of carbonyl (C=O) groups excluding carboxylic acids is 1. The molecule has 5 aliphatic rings. The number of aliphatic hydroxyl groups is 1. The molecular weight excluding hydrogens is 1180 g/mol. The van der Waals surface area contributed by atoms with E-state index in [1.54, 1.807) is 38.4 Å². The molecule has 0 spiro atoms. The quantitative estimate of drug-likeness (QED) is 0.0476. The van der Waals surface area contributed by atoms with Crippen LogP contribution in [-0.2, 0) is 34.0 Å². The summed E-state index contributed by atoms with van der Waals surface area (Å²) < 4.78 is 51.9. The predicted molar refractivity (Wildman–Crippen MR) is 339 cm³/mol. The molecule has 5 heterocycles. The summed E-state index contributed by atoms with van der Waals surface area (Å²) in [5, 5.41) is 47.6. The van der Waals surface area contributed by atoms with E-state index in [2.05, 4.69) is 19.4 Å². The third kappa shape index (κ3) is 18.6. The van der Waals surface area contributed by atoms with Crippen LogP contribution in [0.15, 0.2) is 91.0 Å². The van der Waals surface area contributed by atoms with E-state index in [1.165, 1.54) is 0 Å². The first-order chi connectivity index (χ1) is 42.8. The zero-order valence-electron chi connectivity index (χ0n) is 53.8. The molecule has 4 aromatic rings. The molecule has 24 heteroatoms. The lowest BCUT2D eigenvalue weighted by Crippen LogP contribution is -2.45. The minimum atomic E-state index is -3.45. The van der Waals surface area contributed by atoms with Gasteiger partial charge in [-0.2, -0.15) is 0 Å². The van der Waals surface area contributed by atoms with Gasteiger partial charge in [-0.1, -0.05) is 55.8 Å². The van der Waals surface area contributed by atoms with Crippen LogP contribution in [0.2, 0.25) is 0 Å². The van der Waals surface area contributed by atoms with Crippen LogP contribution >= 0.6 is 0 Å². The van der Waals surface area contributed by atoms with Gasteiger partial charge in [-0.3, -0.25) is 28.9 Å². The predicted octanol–water partition coefficient (Wildman–Crippen LogP) is 6.27. The zero-order chi connectivity index (χ0) is 66.1. The highest BCUT2D eigenvalue weighted by Gasteiger charge is 2.48. The number of fused-ring (bicyclic) bond motifs is 1. The number of carboxylic acids is 4. The van der Waals surface area contributed by atoms with E-state index in [0.717, 1.165) is 78.2 Å². The topological polar surface area (TPSA) is 295 Å². The lowest BCUT2D eigenvalue weighted by molar-refractivity contribution is -0.144. The molecule has 4 saturated heterocycles. The fourth-order valence-corrected chi connectivity index (χ4v) is 13.7. The number of carbonyl (C=O) groups is 5. The standard InChI is InChI=1S/C24H37N3O8S.3C14H19NO3/c1-3-4-10-26(11-5-12-28)22(29)15-27-14-18(17-6-7-20-21(13-17)35-16-34-20)23(24(30)31)19(27)8-9-25-36(2,32)33;3*1-9-13(14(16)17)12(8-15(9)2)10-4-6-11(18-3)7-5-10/h6-7,13,18-19,23,25,28H,3-5,8-12,14-16H2,1-2H3,(H,30,31);3*4-7,9,12-13H,8H2,1-3H3,(H,16,17)/t18-,19+,23-;3*9-,12+,13-/m1000/s1. The van der Waals surface area contributed by atoms with E-state index in [9.17, 15) is 57.9 Å². The van der Waals surface area contributed by atoms with Crippen LogP contribution in [0.3, 0.4) is 0 Å². The maximum absolute atomic E-state index is 13.3. The molecule has 90 heavy (non-hydrogen) atoms. The number of carboxylic acid groups (broad SMARTS) is 4. The van der Waals surface area contributed by atoms with E-state index < -0.39 is 51.8 Å². The molecule has 496 valence electrons. The maximum Gasteiger partial charge on any atom is 0.308 e. The summed E-state index contributed by atoms with van der Waals surface area (Å²) in [7, 11) is 7.36. The molecule has 4 aromatic carbocycles. The normalized spacial score (nSPS) is 25.6. The molecule has 0 saturated carbocycles. The fraction of sp³-hybridized carbons (Fsp3) is 0.561. The largest absolute Gasteiger partial charge is 0.497 e. The minimum absolute atomic E-state index is 0.0174. The molecular formula is C66H94N6O17S. The van der Waals surface area contributed by atoms with Crippen molar-refractivity contribution in [1.82, 2.24) is 29.2 Å². The summed E-state index contributed by atoms with van der Waals surface area (Å²) >= 11 is 0. The van der Waals surface area contributed by atoms with Gasteiger partial charge in [0.25, 0.3) is 0 Å². The Hall–Kier alpha value is -7.06. The van der Waals surface area contributed by atoms with Gasteiger partial charge >= 0.3 is 23.9 Å². The lowest BCUT2D eigenvalue weighted by Gasteiger charge is -2.29. The average Bonchev–Trinajstić information content (AvgIpc) is 2.08. The SMILES string of the molecule is CCCCN(CCCO)C(=O)CN1C[C@H](c2ccc3c(c2)OCO3)[C@@H](C(=O)O)[C@@H]1CCNS(C)(=O)=O.COc1ccc([C@H]2CN(C)[C@@H](C)[C@@H]2C(=O)O)cc1.COc1ccc([C@H]2CN(C)[C@@H](C)[C@@H]2C(=O)O)cc1.COc1ccc([C@H]2CN(C)[C@@H](C)[C@@H]2C(=O)O)cc1. The van der Waals surface area contributed by atoms with Gasteiger partial charge in [0.15, 0.2) is 11.5 Å². The second kappa shape index (κ2) is 33.3. The number of amides is 1. The van der Waals surface area contributed by atoms with Crippen molar-refractivity contribution in [3.8, 4) is 28.7 Å². The Kier molecular flexibility index (Phi) is 26.7. The van der Waals surface area contributed by atoms with Crippen molar-refractivity contribution in [2.45, 2.75) is 101 Å². The first-order valence-corrected chi connectivity index (χ1v) is 32.6. The van der Waals surface area contributed by atoms with Gasteiger partial charge < -0.3 is 68.8 Å². The van der Waals surface area contributed by atoms with Crippen LogP contribution < -0.4 is 28.4 Å². The molecule has 0 radical (unpaired) electrons. The second-order valence-electron chi connectivity index (χ2n) is 24.1. The van der Waals surface area contributed by atoms with E-state index >= 15 is 0 Å². The lowest BCUT2D eigenvalue weighted by atomic mass is 9.84. The highest BCUT2D eigenvalue weighted by Crippen LogP contribution is 2.44. The van der Waals surface area contributed by atoms with Gasteiger partial charge in [-0.05, 0) is 132 Å². The molecule has 4 fully saturated rings. The van der Waals surface area contributed by atoms with Gasteiger partial charge in [-0.15, -0.1) is 0 Å². The second-order valence-corrected chi connectivity index (χ2v) is 26.0. The molecule has 0 unspecified atom stereocenters. The van der Waals surface area contributed by atoms with Gasteiger partial charge in [0.1, 0.15) is 17.2 Å². The molecule has 23 nitrogen and oxygen atoms in total. The minimum Gasteiger partial charge on any atom is -0.497 e. The van der Waals surface area contributed by atoms with E-state index in [1.807, 2.05) is 133 Å². The first kappa shape index (κ1) is 72.0. The van der Waals surface area contributed by atoms with Crippen molar-refractivity contribution < 1.29 is 81.6 Å². The summed E-state index contributed by atoms with van der Waals surface area (Å²) in [6.45, 7) is 11.8. The van der Waals surface area contributed by atoms with E-state index in [-0.39, 0.29) is 92.5 Å². The smallest absolute Gasteiger partial charge is 0.308 e. The Bertz CT molecular complexity index is 2900. The Morgan fingerprint density at radius 3 is 1.31 bits per heavy atom. The number of nitrogens with one attached hydrogen (secondary N) is 1. The number of methoxy groups -OCH3 is 3. The van der Waals surface area contributed by atoms with Gasteiger partial charge in [-0.25, -0.2) is 13.1 Å².